The molecule has 7 heteroatoms. The van der Waals surface area contributed by atoms with E-state index in [1.165, 1.54) is 12.0 Å². The van der Waals surface area contributed by atoms with Crippen LogP contribution in [0.5, 0.6) is 0 Å². The van der Waals surface area contributed by atoms with Gasteiger partial charge in [0.25, 0.3) is 0 Å². The molecular weight excluding hydrogens is 324 g/mol. The Kier molecular flexibility index (Phi) is 7.40. The number of benzene rings is 1. The van der Waals surface area contributed by atoms with Gasteiger partial charge in [0, 0.05) is 39.6 Å². The monoisotopic (exact) mass is 348 g/mol. The molecule has 0 radical (unpaired) electrons. The Hall–Kier alpha value is -2.41. The minimum Gasteiger partial charge on any atom is -0.445 e. The minimum atomic E-state index is -0.433. The van der Waals surface area contributed by atoms with Crippen LogP contribution in [0, 0.1) is 0 Å². The van der Waals surface area contributed by atoms with E-state index in [9.17, 15) is 14.4 Å². The molecule has 1 aromatic carbocycles. The lowest BCUT2D eigenvalue weighted by molar-refractivity contribution is -0.134. The van der Waals surface area contributed by atoms with Crippen molar-refractivity contribution in [3.8, 4) is 0 Å². The lowest BCUT2D eigenvalue weighted by Crippen LogP contribution is -2.44. The second-order valence-electron chi connectivity index (χ2n) is 5.88. The van der Waals surface area contributed by atoms with E-state index >= 15 is 0 Å². The average Bonchev–Trinajstić information content (AvgIpc) is 2.82. The van der Waals surface area contributed by atoms with E-state index in [2.05, 4.69) is 0 Å². The molecule has 1 unspecified atom stereocenters. The molecule has 7 nitrogen and oxygen atoms in total. The van der Waals surface area contributed by atoms with Gasteiger partial charge in [0.05, 0.1) is 12.6 Å². The number of ether oxygens (including phenoxy) is 2. The Morgan fingerprint density at radius 2 is 2.00 bits per heavy atom. The van der Waals surface area contributed by atoms with Crippen LogP contribution in [0.3, 0.4) is 0 Å². The van der Waals surface area contributed by atoms with Crippen LogP contribution in [0.15, 0.2) is 30.3 Å². The highest BCUT2D eigenvalue weighted by Crippen LogP contribution is 2.13. The molecule has 1 aliphatic heterocycles. The third-order valence-electron chi connectivity index (χ3n) is 4.16. The van der Waals surface area contributed by atoms with Crippen LogP contribution in [-0.2, 0) is 25.7 Å². The van der Waals surface area contributed by atoms with Gasteiger partial charge in [-0.2, -0.15) is 0 Å². The fraction of sp³-hybridized carbons (Fsp3) is 0.500. The molecule has 1 aromatic rings. The molecule has 1 aliphatic rings. The maximum Gasteiger partial charge on any atom is 0.410 e. The zero-order valence-electron chi connectivity index (χ0n) is 14.4. The lowest BCUT2D eigenvalue weighted by Gasteiger charge is -2.29. The largest absolute Gasteiger partial charge is 0.445 e. The molecule has 0 bridgehead atoms. The van der Waals surface area contributed by atoms with Gasteiger partial charge in [-0.3, -0.25) is 4.79 Å². The topological polar surface area (TPSA) is 76.2 Å². The average molecular weight is 348 g/mol. The summed E-state index contributed by atoms with van der Waals surface area (Å²) in [4.78, 5) is 38.6. The Morgan fingerprint density at radius 3 is 2.68 bits per heavy atom. The maximum absolute atomic E-state index is 12.3. The molecule has 25 heavy (non-hydrogen) atoms. The molecule has 0 spiro atoms. The number of carbonyl (C=O) groups is 3. The summed E-state index contributed by atoms with van der Waals surface area (Å²) in [6, 6.07) is 9.14. The van der Waals surface area contributed by atoms with Gasteiger partial charge in [0.15, 0.2) is 0 Å². The summed E-state index contributed by atoms with van der Waals surface area (Å²) >= 11 is 0. The van der Waals surface area contributed by atoms with E-state index in [1.54, 1.807) is 4.90 Å². The van der Waals surface area contributed by atoms with Gasteiger partial charge in [-0.05, 0) is 5.56 Å². The maximum atomic E-state index is 12.3. The lowest BCUT2D eigenvalue weighted by atomic mass is 10.2. The van der Waals surface area contributed by atoms with Crippen molar-refractivity contribution in [3.63, 3.8) is 0 Å². The molecular formula is C18H24N2O5. The molecule has 0 aliphatic carbocycles. The summed E-state index contributed by atoms with van der Waals surface area (Å²) in [5.74, 6) is -0.0812. The van der Waals surface area contributed by atoms with E-state index in [0.717, 1.165) is 11.8 Å². The highest BCUT2D eigenvalue weighted by atomic mass is 16.6. The van der Waals surface area contributed by atoms with Crippen molar-refractivity contribution in [1.29, 1.82) is 0 Å². The van der Waals surface area contributed by atoms with Crippen LogP contribution in [0.2, 0.25) is 0 Å². The minimum absolute atomic E-state index is 0.0812. The molecule has 136 valence electrons. The smallest absolute Gasteiger partial charge is 0.410 e. The number of amides is 2. The van der Waals surface area contributed by atoms with Gasteiger partial charge in [-0.25, -0.2) is 4.79 Å². The molecule has 2 amide bonds. The van der Waals surface area contributed by atoms with Gasteiger partial charge in [0.2, 0.25) is 5.91 Å². The molecule has 0 saturated carbocycles. The highest BCUT2D eigenvalue weighted by Gasteiger charge is 2.29. The normalized spacial score (nSPS) is 16.3. The standard InChI is InChI=1S/C18H24N2O5/c1-24-14-16(8-12-21)20-11-10-19(9-7-17(20)22)18(23)25-13-15-5-3-2-4-6-15/h2-6,12,16H,7-11,13-14H2,1H3. The number of hydrogen-bond acceptors (Lipinski definition) is 5. The Labute approximate surface area is 147 Å². The highest BCUT2D eigenvalue weighted by molar-refractivity contribution is 5.78. The Balaban J connectivity index is 1.91. The number of hydrogen-bond donors (Lipinski definition) is 0. The van der Waals surface area contributed by atoms with Crippen LogP contribution in [-0.4, -0.2) is 67.5 Å². The summed E-state index contributed by atoms with van der Waals surface area (Å²) in [5.41, 5.74) is 0.912. The predicted molar refractivity (Wildman–Crippen MR) is 90.9 cm³/mol. The zero-order chi connectivity index (χ0) is 18.1. The van der Waals surface area contributed by atoms with Crippen molar-refractivity contribution in [1.82, 2.24) is 9.80 Å². The van der Waals surface area contributed by atoms with Crippen LogP contribution >= 0.6 is 0 Å². The number of carbonyl (C=O) groups excluding carboxylic acids is 3. The molecule has 1 saturated heterocycles. The third kappa shape index (κ3) is 5.56. The second kappa shape index (κ2) is 9.78. The first-order valence-electron chi connectivity index (χ1n) is 8.33. The molecule has 1 atom stereocenters. The molecule has 0 N–H and O–H groups in total. The fourth-order valence-electron chi connectivity index (χ4n) is 2.81. The van der Waals surface area contributed by atoms with Crippen LogP contribution in [0.4, 0.5) is 4.79 Å². The molecule has 2 rings (SSSR count). The quantitative estimate of drug-likeness (QED) is 0.697. The van der Waals surface area contributed by atoms with Crippen LogP contribution in [0.1, 0.15) is 18.4 Å². The molecule has 1 fully saturated rings. The van der Waals surface area contributed by atoms with Gasteiger partial charge in [-0.15, -0.1) is 0 Å². The van der Waals surface area contributed by atoms with Gasteiger partial charge >= 0.3 is 6.09 Å². The van der Waals surface area contributed by atoms with E-state index in [1.807, 2.05) is 30.3 Å². The van der Waals surface area contributed by atoms with Crippen molar-refractivity contribution in [2.75, 3.05) is 33.4 Å². The molecule has 1 heterocycles. The van der Waals surface area contributed by atoms with Gasteiger partial charge in [-0.1, -0.05) is 30.3 Å². The third-order valence-corrected chi connectivity index (χ3v) is 4.16. The first-order chi connectivity index (χ1) is 12.2. The van der Waals surface area contributed by atoms with Crippen molar-refractivity contribution in [2.24, 2.45) is 0 Å². The number of rotatable bonds is 7. The van der Waals surface area contributed by atoms with Crippen molar-refractivity contribution in [3.05, 3.63) is 35.9 Å². The number of aldehydes is 1. The number of methoxy groups -OCH3 is 1. The van der Waals surface area contributed by atoms with E-state index < -0.39 is 6.09 Å². The fourth-order valence-corrected chi connectivity index (χ4v) is 2.81. The van der Waals surface area contributed by atoms with Crippen molar-refractivity contribution < 1.29 is 23.9 Å². The first-order valence-corrected chi connectivity index (χ1v) is 8.33. The van der Waals surface area contributed by atoms with Gasteiger partial charge in [0.1, 0.15) is 12.9 Å². The van der Waals surface area contributed by atoms with Crippen LogP contribution in [0.25, 0.3) is 0 Å². The summed E-state index contributed by atoms with van der Waals surface area (Å²) in [5, 5.41) is 0. The Bertz CT molecular complexity index is 578. The second-order valence-corrected chi connectivity index (χ2v) is 5.88. The first kappa shape index (κ1) is 18.9. The summed E-state index contributed by atoms with van der Waals surface area (Å²) in [6.07, 6.45) is 0.780. The van der Waals surface area contributed by atoms with Crippen molar-refractivity contribution in [2.45, 2.75) is 25.5 Å². The summed E-state index contributed by atoms with van der Waals surface area (Å²) < 4.78 is 10.4. The van der Waals surface area contributed by atoms with E-state index in [0.29, 0.717) is 26.2 Å². The SMILES string of the molecule is COCC(CC=O)N1CCN(C(=O)OCc2ccccc2)CCC1=O. The van der Waals surface area contributed by atoms with E-state index in [4.69, 9.17) is 9.47 Å². The van der Waals surface area contributed by atoms with E-state index in [-0.39, 0.29) is 31.4 Å². The zero-order valence-corrected chi connectivity index (χ0v) is 14.4. The van der Waals surface area contributed by atoms with Crippen LogP contribution < -0.4 is 0 Å². The number of nitrogens with zero attached hydrogens (tertiary/aromatic N) is 2. The van der Waals surface area contributed by atoms with Crippen molar-refractivity contribution >= 4 is 18.3 Å². The van der Waals surface area contributed by atoms with Gasteiger partial charge < -0.3 is 24.1 Å². The summed E-state index contributed by atoms with van der Waals surface area (Å²) in [7, 11) is 1.54. The Morgan fingerprint density at radius 1 is 1.24 bits per heavy atom. The summed E-state index contributed by atoms with van der Waals surface area (Å²) in [6.45, 7) is 1.54. The molecule has 0 aromatic heterocycles. The predicted octanol–water partition coefficient (Wildman–Crippen LogP) is 1.46.